The van der Waals surface area contributed by atoms with Gasteiger partial charge in [0.25, 0.3) is 5.91 Å². The van der Waals surface area contributed by atoms with E-state index in [2.05, 4.69) is 21.1 Å². The number of aliphatic carboxylic acids is 1. The summed E-state index contributed by atoms with van der Waals surface area (Å²) in [6.45, 7) is -0.322. The number of hydrazone groups is 1. The third kappa shape index (κ3) is 7.15. The number of nitrogens with zero attached hydrogens (tertiary/aromatic N) is 1. The average molecular weight is 418 g/mol. The van der Waals surface area contributed by atoms with Gasteiger partial charge in [0.1, 0.15) is 6.34 Å². The van der Waals surface area contributed by atoms with Gasteiger partial charge in [-0.1, -0.05) is 29.8 Å². The lowest BCUT2D eigenvalue weighted by atomic mass is 10.0. The number of halogens is 1. The highest BCUT2D eigenvalue weighted by Gasteiger charge is 2.19. The van der Waals surface area contributed by atoms with Crippen molar-refractivity contribution in [1.29, 1.82) is 0 Å². The van der Waals surface area contributed by atoms with Crippen molar-refractivity contribution in [2.24, 2.45) is 10.9 Å². The van der Waals surface area contributed by atoms with Gasteiger partial charge < -0.3 is 26.9 Å². The molecule has 29 heavy (non-hydrogen) atoms. The number of carbonyl (C=O) groups is 3. The summed E-state index contributed by atoms with van der Waals surface area (Å²) in [5, 5.41) is 20.7. The van der Waals surface area contributed by atoms with Crippen molar-refractivity contribution in [3.63, 3.8) is 0 Å². The molecule has 1 unspecified atom stereocenters. The number of anilines is 1. The minimum absolute atomic E-state index is 0.322. The van der Waals surface area contributed by atoms with E-state index in [1.165, 1.54) is 6.34 Å². The predicted octanol–water partition coefficient (Wildman–Crippen LogP) is 1.72. The van der Waals surface area contributed by atoms with Crippen LogP contribution in [0.4, 0.5) is 5.69 Å². The molecule has 0 aliphatic carbocycles. The zero-order valence-electron chi connectivity index (χ0n) is 15.3. The van der Waals surface area contributed by atoms with E-state index in [1.54, 1.807) is 48.5 Å². The summed E-state index contributed by atoms with van der Waals surface area (Å²) in [6, 6.07) is 12.3. The number of rotatable bonds is 9. The summed E-state index contributed by atoms with van der Waals surface area (Å²) in [4.78, 5) is 35.6. The van der Waals surface area contributed by atoms with Crippen molar-refractivity contribution in [2.45, 2.75) is 12.5 Å². The van der Waals surface area contributed by atoms with E-state index in [0.717, 1.165) is 0 Å². The monoisotopic (exact) mass is 417 g/mol. The lowest BCUT2D eigenvalue weighted by Gasteiger charge is -2.18. The van der Waals surface area contributed by atoms with Gasteiger partial charge >= 0.3 is 5.97 Å². The average Bonchev–Trinajstić information content (AvgIpc) is 2.70. The molecule has 6 N–H and O–H groups in total. The molecule has 2 aromatic rings. The Kier molecular flexibility index (Phi) is 7.99. The first-order chi connectivity index (χ1) is 13.9. The fourth-order valence-corrected chi connectivity index (χ4v) is 2.72. The maximum Gasteiger partial charge on any atom is 0.305 e. The Balaban J connectivity index is 1.98. The summed E-state index contributed by atoms with van der Waals surface area (Å²) in [5.41, 5.74) is 1.48. The van der Waals surface area contributed by atoms with Crippen LogP contribution in [0.5, 0.6) is 0 Å². The molecular weight excluding hydrogens is 398 g/mol. The molecule has 0 saturated heterocycles. The predicted molar refractivity (Wildman–Crippen MR) is 110 cm³/mol. The minimum atomic E-state index is -1.08. The lowest BCUT2D eigenvalue weighted by Crippen LogP contribution is -2.39. The van der Waals surface area contributed by atoms with E-state index in [-0.39, 0.29) is 13.0 Å². The van der Waals surface area contributed by atoms with E-state index in [4.69, 9.17) is 22.6 Å². The first kappa shape index (κ1) is 21.7. The van der Waals surface area contributed by atoms with Gasteiger partial charge in [-0.3, -0.25) is 14.4 Å². The van der Waals surface area contributed by atoms with Gasteiger partial charge in [-0.25, -0.2) is 0 Å². The standard InChI is InChI=1S/C19H20ClN5O4/c20-14-5-1-3-12(7-14)16(9-18(27)28)25-17(26)10-22-19(29)13-4-2-6-15(8-13)23-11-24-21/h1-8,11,16H,9-10,21H2,(H,22,29)(H,23,24)(H,25,26)(H,27,28). The fourth-order valence-electron chi connectivity index (χ4n) is 2.52. The zero-order chi connectivity index (χ0) is 21.2. The molecule has 1 atom stereocenters. The Morgan fingerprint density at radius 3 is 2.62 bits per heavy atom. The number of carbonyl (C=O) groups excluding carboxylic acids is 2. The van der Waals surface area contributed by atoms with Crippen molar-refractivity contribution < 1.29 is 19.5 Å². The topological polar surface area (TPSA) is 146 Å². The van der Waals surface area contributed by atoms with Crippen LogP contribution in [0.15, 0.2) is 53.6 Å². The van der Waals surface area contributed by atoms with Crippen molar-refractivity contribution in [3.05, 3.63) is 64.7 Å². The molecule has 0 aromatic heterocycles. The van der Waals surface area contributed by atoms with Gasteiger partial charge in [0.15, 0.2) is 0 Å². The third-order valence-electron chi connectivity index (χ3n) is 3.81. The van der Waals surface area contributed by atoms with E-state index in [1.807, 2.05) is 0 Å². The second kappa shape index (κ2) is 10.7. The summed E-state index contributed by atoms with van der Waals surface area (Å²) < 4.78 is 0. The molecule has 10 heteroatoms. The molecule has 0 fully saturated rings. The van der Waals surface area contributed by atoms with Gasteiger partial charge in [0.05, 0.1) is 19.0 Å². The second-order valence-electron chi connectivity index (χ2n) is 5.96. The minimum Gasteiger partial charge on any atom is -0.481 e. The molecule has 2 amide bonds. The Bertz CT molecular complexity index is 919. The quantitative estimate of drug-likeness (QED) is 0.182. The van der Waals surface area contributed by atoms with Crippen LogP contribution in [0.2, 0.25) is 5.02 Å². The number of hydrogen-bond acceptors (Lipinski definition) is 5. The van der Waals surface area contributed by atoms with Crippen LogP contribution >= 0.6 is 11.6 Å². The molecule has 0 bridgehead atoms. The molecule has 152 valence electrons. The molecular formula is C19H20ClN5O4. The van der Waals surface area contributed by atoms with E-state index in [0.29, 0.717) is 21.8 Å². The number of nitrogens with one attached hydrogen (secondary N) is 3. The molecule has 0 heterocycles. The van der Waals surface area contributed by atoms with Crippen LogP contribution in [0.3, 0.4) is 0 Å². The van der Waals surface area contributed by atoms with E-state index >= 15 is 0 Å². The van der Waals surface area contributed by atoms with Gasteiger partial charge in [-0.15, -0.1) is 0 Å². The summed E-state index contributed by atoms with van der Waals surface area (Å²) in [5.74, 6) is 2.94. The Labute approximate surface area is 171 Å². The van der Waals surface area contributed by atoms with Crippen LogP contribution in [0.25, 0.3) is 0 Å². The molecule has 2 rings (SSSR count). The highest BCUT2D eigenvalue weighted by molar-refractivity contribution is 6.30. The van der Waals surface area contributed by atoms with Crippen LogP contribution in [-0.2, 0) is 9.59 Å². The van der Waals surface area contributed by atoms with Gasteiger partial charge in [-0.2, -0.15) is 5.10 Å². The van der Waals surface area contributed by atoms with E-state index < -0.39 is 23.8 Å². The van der Waals surface area contributed by atoms with Gasteiger partial charge in [0.2, 0.25) is 5.91 Å². The molecule has 2 aromatic carbocycles. The zero-order valence-corrected chi connectivity index (χ0v) is 16.0. The van der Waals surface area contributed by atoms with Crippen LogP contribution in [-0.4, -0.2) is 35.8 Å². The highest BCUT2D eigenvalue weighted by atomic mass is 35.5. The molecule has 0 aliphatic rings. The maximum atomic E-state index is 12.3. The van der Waals surface area contributed by atoms with E-state index in [9.17, 15) is 14.4 Å². The Morgan fingerprint density at radius 1 is 1.17 bits per heavy atom. The Hall–Kier alpha value is -3.59. The van der Waals surface area contributed by atoms with Crippen molar-refractivity contribution in [1.82, 2.24) is 10.6 Å². The van der Waals surface area contributed by atoms with Gasteiger partial charge in [0, 0.05) is 16.3 Å². The largest absolute Gasteiger partial charge is 0.481 e. The maximum absolute atomic E-state index is 12.3. The SMILES string of the molecule is NN=CNc1cccc(C(=O)NCC(=O)NC(CC(=O)O)c2cccc(Cl)c2)c1. The first-order valence-corrected chi connectivity index (χ1v) is 8.90. The van der Waals surface area contributed by atoms with Crippen molar-refractivity contribution >= 4 is 41.4 Å². The third-order valence-corrected chi connectivity index (χ3v) is 4.04. The molecule has 0 spiro atoms. The second-order valence-corrected chi connectivity index (χ2v) is 6.40. The number of hydrogen-bond donors (Lipinski definition) is 5. The summed E-state index contributed by atoms with van der Waals surface area (Å²) >= 11 is 5.94. The van der Waals surface area contributed by atoms with Crippen LogP contribution in [0.1, 0.15) is 28.4 Å². The number of carboxylic acids is 1. The Morgan fingerprint density at radius 2 is 1.93 bits per heavy atom. The number of nitrogens with two attached hydrogens (primary N) is 1. The number of carboxylic acid groups (broad SMARTS) is 1. The van der Waals surface area contributed by atoms with Crippen LogP contribution in [0, 0.1) is 0 Å². The normalized spacial score (nSPS) is 11.6. The van der Waals surface area contributed by atoms with Gasteiger partial charge in [-0.05, 0) is 35.9 Å². The molecule has 0 saturated carbocycles. The van der Waals surface area contributed by atoms with Crippen LogP contribution < -0.4 is 21.8 Å². The number of benzene rings is 2. The smallest absolute Gasteiger partial charge is 0.305 e. The first-order valence-electron chi connectivity index (χ1n) is 8.52. The molecule has 9 nitrogen and oxygen atoms in total. The molecule has 0 radical (unpaired) electrons. The summed E-state index contributed by atoms with van der Waals surface area (Å²) in [6.07, 6.45) is 0.944. The van der Waals surface area contributed by atoms with Crippen molar-refractivity contribution in [3.8, 4) is 0 Å². The highest BCUT2D eigenvalue weighted by Crippen LogP contribution is 2.20. The van der Waals surface area contributed by atoms with Crippen molar-refractivity contribution in [2.75, 3.05) is 11.9 Å². The fraction of sp³-hybridized carbons (Fsp3) is 0.158. The number of amides is 2. The molecule has 0 aliphatic heterocycles. The summed E-state index contributed by atoms with van der Waals surface area (Å²) in [7, 11) is 0. The lowest BCUT2D eigenvalue weighted by molar-refractivity contribution is -0.137.